The standard InChI is InChI=1S/C22H40N4O6S.C21H38N4O6S/c1-5-10-17(26-21(29)18(23-6-2)14-33(4,31)32)20(28)22(30)24-13-19(27)25-15(3)16-11-8-7-9-12-16;1-5-9-16(25-20(28)17(22-3)13-32(4,30)31)19(27)21(29)23-12-18(26)24-14(2)15-10-7-6-8-11-15/h7-9,11-12,15,17-21,23,25-29H,5-6,10,13-14H2,1-4H3,(H,24,30);6-8,10-11,14,16-20,22,24-28H,5,9,12-13H2,1-4H3,(H,23,29). The van der Waals surface area contributed by atoms with Crippen molar-refractivity contribution in [3.05, 3.63) is 71.8 Å². The number of aliphatic hydroxyl groups is 6. The molecule has 374 valence electrons. The van der Waals surface area contributed by atoms with Crippen molar-refractivity contribution >= 4 is 31.5 Å². The van der Waals surface area contributed by atoms with E-state index in [1.165, 1.54) is 7.05 Å². The molecule has 0 saturated carbocycles. The van der Waals surface area contributed by atoms with Crippen LogP contribution in [0.1, 0.15) is 83.5 Å². The first-order valence-corrected chi connectivity index (χ1v) is 26.1. The molecule has 0 aliphatic rings. The summed E-state index contributed by atoms with van der Waals surface area (Å²) in [5.41, 5.74) is 1.96. The molecule has 0 radical (unpaired) electrons. The number of benzene rings is 2. The van der Waals surface area contributed by atoms with Gasteiger partial charge in [-0.25, -0.2) is 16.8 Å². The second kappa shape index (κ2) is 31.0. The van der Waals surface area contributed by atoms with Gasteiger partial charge in [0, 0.05) is 36.7 Å². The topological polar surface area (TPSA) is 320 Å². The van der Waals surface area contributed by atoms with Gasteiger partial charge in [-0.1, -0.05) is 94.3 Å². The average Bonchev–Trinajstić information content (AvgIpc) is 3.25. The molecule has 22 heteroatoms. The van der Waals surface area contributed by atoms with E-state index in [0.717, 1.165) is 23.6 Å². The molecule has 0 aliphatic carbocycles. The van der Waals surface area contributed by atoms with E-state index in [-0.39, 0.29) is 36.7 Å². The molecule has 0 spiro atoms. The molecule has 0 fully saturated rings. The van der Waals surface area contributed by atoms with Crippen LogP contribution in [0.4, 0.5) is 0 Å². The Kier molecular flexibility index (Phi) is 28.5. The molecule has 12 unspecified atom stereocenters. The van der Waals surface area contributed by atoms with Gasteiger partial charge in [-0.3, -0.25) is 30.9 Å². The molecule has 12 atom stereocenters. The van der Waals surface area contributed by atoms with E-state index in [1.807, 2.05) is 88.4 Å². The maximum Gasteiger partial charge on any atom is 0.250 e. The highest BCUT2D eigenvalue weighted by atomic mass is 32.2. The number of hydrogen-bond donors (Lipinski definition) is 14. The lowest BCUT2D eigenvalue weighted by atomic mass is 10.0. The Hall–Kier alpha value is -3.20. The van der Waals surface area contributed by atoms with Gasteiger partial charge in [-0.2, -0.15) is 0 Å². The van der Waals surface area contributed by atoms with Gasteiger partial charge < -0.3 is 51.9 Å². The van der Waals surface area contributed by atoms with Crippen LogP contribution in [-0.2, 0) is 29.3 Å². The molecule has 2 aromatic rings. The smallest absolute Gasteiger partial charge is 0.250 e. The molecule has 0 aromatic heterocycles. The van der Waals surface area contributed by atoms with E-state index in [1.54, 1.807) is 6.92 Å². The van der Waals surface area contributed by atoms with Crippen LogP contribution >= 0.6 is 0 Å². The lowest BCUT2D eigenvalue weighted by Gasteiger charge is -2.30. The maximum absolute atomic E-state index is 12.5. The van der Waals surface area contributed by atoms with Gasteiger partial charge >= 0.3 is 0 Å². The zero-order valence-electron chi connectivity index (χ0n) is 39.0. The molecule has 20 nitrogen and oxygen atoms in total. The molecule has 65 heavy (non-hydrogen) atoms. The highest BCUT2D eigenvalue weighted by molar-refractivity contribution is 7.90. The third kappa shape index (κ3) is 24.9. The van der Waals surface area contributed by atoms with Crippen LogP contribution < -0.4 is 42.5 Å². The van der Waals surface area contributed by atoms with Gasteiger partial charge in [0.25, 0.3) is 11.8 Å². The lowest BCUT2D eigenvalue weighted by molar-refractivity contribution is -0.132. The third-order valence-corrected chi connectivity index (χ3v) is 12.2. The third-order valence-electron chi connectivity index (χ3n) is 10.3. The zero-order valence-corrected chi connectivity index (χ0v) is 40.6. The molecule has 2 amide bonds. The summed E-state index contributed by atoms with van der Waals surface area (Å²) in [7, 11) is -5.20. The fraction of sp³-hybridized carbons (Fsp3) is 0.674. The minimum atomic E-state index is -3.36. The second-order valence-electron chi connectivity index (χ2n) is 16.3. The highest BCUT2D eigenvalue weighted by Gasteiger charge is 2.32. The molecule has 14 N–H and O–H groups in total. The van der Waals surface area contributed by atoms with E-state index >= 15 is 0 Å². The van der Waals surface area contributed by atoms with Crippen molar-refractivity contribution in [1.82, 2.24) is 42.5 Å². The molecule has 0 bridgehead atoms. The first-order valence-electron chi connectivity index (χ1n) is 22.0. The van der Waals surface area contributed by atoms with E-state index in [0.29, 0.717) is 32.2 Å². The number of rotatable bonds is 31. The first kappa shape index (κ1) is 59.8. The van der Waals surface area contributed by atoms with Gasteiger partial charge in [-0.05, 0) is 51.4 Å². The summed E-state index contributed by atoms with van der Waals surface area (Å²) < 4.78 is 46.4. The SMILES string of the molecule is CCCC(NC(O)C(CS(C)(=O)=O)NC)C(O)C(=O)NCC(O)NC(C)c1ccccc1.CCCC(NC(O)C(CS(C)(=O)=O)NCC)C(O)C(=O)NCC(O)NC(C)c1ccccc1. The number of nitrogens with one attached hydrogen (secondary N) is 8. The van der Waals surface area contributed by atoms with Crippen LogP contribution in [0, 0.1) is 0 Å². The van der Waals surface area contributed by atoms with Crippen molar-refractivity contribution in [2.75, 3.05) is 50.7 Å². The number of amides is 2. The Labute approximate surface area is 386 Å². The van der Waals surface area contributed by atoms with Gasteiger partial charge in [0.15, 0.2) is 0 Å². The summed E-state index contributed by atoms with van der Waals surface area (Å²) >= 11 is 0. The summed E-state index contributed by atoms with van der Waals surface area (Å²) in [4.78, 5) is 24.9. The molecule has 2 aromatic carbocycles. The number of sulfone groups is 2. The van der Waals surface area contributed by atoms with E-state index < -0.39 is 92.8 Å². The molecular formula is C43H78N8O12S2. The zero-order chi connectivity index (χ0) is 49.3. The molecule has 0 saturated heterocycles. The van der Waals surface area contributed by atoms with Crippen molar-refractivity contribution in [2.24, 2.45) is 0 Å². The predicted octanol–water partition coefficient (Wildman–Crippen LogP) is -1.93. The number of aliphatic hydroxyl groups excluding tert-OH is 6. The average molecular weight is 963 g/mol. The largest absolute Gasteiger partial charge is 0.382 e. The fourth-order valence-corrected chi connectivity index (χ4v) is 8.76. The predicted molar refractivity (Wildman–Crippen MR) is 251 cm³/mol. The number of likely N-dealkylation sites (N-methyl/N-ethyl adjacent to an activating group) is 2. The van der Waals surface area contributed by atoms with Crippen LogP contribution in [0.2, 0.25) is 0 Å². The maximum atomic E-state index is 12.5. The Bertz CT molecular complexity index is 1840. The number of carbonyl (C=O) groups excluding carboxylic acids is 2. The minimum absolute atomic E-state index is 0.122. The van der Waals surface area contributed by atoms with Gasteiger partial charge in [0.2, 0.25) is 0 Å². The summed E-state index contributed by atoms with van der Waals surface area (Å²) in [5.74, 6) is -2.02. The Morgan fingerprint density at radius 3 is 1.23 bits per heavy atom. The van der Waals surface area contributed by atoms with Gasteiger partial charge in [0.1, 0.15) is 56.8 Å². The summed E-state index contributed by atoms with van der Waals surface area (Å²) in [5, 5.41) is 84.5. The van der Waals surface area contributed by atoms with E-state index in [9.17, 15) is 57.1 Å². The van der Waals surface area contributed by atoms with E-state index in [4.69, 9.17) is 0 Å². The summed E-state index contributed by atoms with van der Waals surface area (Å²) in [6, 6.07) is 15.5. The van der Waals surface area contributed by atoms with Gasteiger partial charge in [0.05, 0.1) is 36.7 Å². The molecule has 0 heterocycles. The Morgan fingerprint density at radius 2 is 0.908 bits per heavy atom. The highest BCUT2D eigenvalue weighted by Crippen LogP contribution is 2.13. The van der Waals surface area contributed by atoms with Crippen LogP contribution in [0.25, 0.3) is 0 Å². The lowest BCUT2D eigenvalue weighted by Crippen LogP contribution is -2.59. The van der Waals surface area contributed by atoms with Crippen LogP contribution in [0.3, 0.4) is 0 Å². The van der Waals surface area contributed by atoms with Crippen molar-refractivity contribution in [2.45, 2.75) is 134 Å². The Morgan fingerprint density at radius 1 is 0.554 bits per heavy atom. The van der Waals surface area contributed by atoms with Crippen LogP contribution in [0.15, 0.2) is 60.7 Å². The van der Waals surface area contributed by atoms with Crippen molar-refractivity contribution in [3.8, 4) is 0 Å². The molecule has 0 aliphatic heterocycles. The molecular weight excluding hydrogens is 885 g/mol. The Balaban J connectivity index is 0.000000650. The number of hydrogen-bond acceptors (Lipinski definition) is 18. The fourth-order valence-electron chi connectivity index (χ4n) is 6.81. The van der Waals surface area contributed by atoms with Crippen molar-refractivity contribution < 1.29 is 57.1 Å². The monoisotopic (exact) mass is 963 g/mol. The van der Waals surface area contributed by atoms with Crippen molar-refractivity contribution in [3.63, 3.8) is 0 Å². The normalized spacial score (nSPS) is 17.6. The van der Waals surface area contributed by atoms with Crippen LogP contribution in [0.5, 0.6) is 0 Å². The van der Waals surface area contributed by atoms with E-state index in [2.05, 4.69) is 42.5 Å². The first-order chi connectivity index (χ1) is 30.5. The molecule has 2 rings (SSSR count). The summed E-state index contributed by atoms with van der Waals surface area (Å²) in [6.07, 6.45) is -3.55. The van der Waals surface area contributed by atoms with Gasteiger partial charge in [-0.15, -0.1) is 0 Å². The summed E-state index contributed by atoms with van der Waals surface area (Å²) in [6.45, 7) is 9.46. The second-order valence-corrected chi connectivity index (χ2v) is 20.6. The minimum Gasteiger partial charge on any atom is -0.382 e. The number of carbonyl (C=O) groups is 2. The van der Waals surface area contributed by atoms with Crippen molar-refractivity contribution in [1.29, 1.82) is 0 Å². The quantitative estimate of drug-likeness (QED) is 0.0366. The van der Waals surface area contributed by atoms with Crippen LogP contribution in [-0.4, -0.2) is 171 Å².